The fourth-order valence-electron chi connectivity index (χ4n) is 3.96. The molecule has 0 spiro atoms. The number of nitrogens with two attached hydrogens (primary N) is 3. The molecule has 3 amide bonds. The van der Waals surface area contributed by atoms with Crippen molar-refractivity contribution in [3.05, 3.63) is 120 Å². The van der Waals surface area contributed by atoms with Crippen LogP contribution >= 0.6 is 0 Å². The molecule has 40 heavy (non-hydrogen) atoms. The summed E-state index contributed by atoms with van der Waals surface area (Å²) in [6, 6.07) is 31.7. The van der Waals surface area contributed by atoms with Crippen molar-refractivity contribution in [1.29, 1.82) is 0 Å². The minimum absolute atomic E-state index is 0.164. The molecule has 0 bridgehead atoms. The number of hydrogen-bond acceptors (Lipinski definition) is 4. The van der Waals surface area contributed by atoms with E-state index in [0.717, 1.165) is 25.7 Å². The molecule has 0 saturated carbocycles. The average Bonchev–Trinajstić information content (AvgIpc) is 2.96. The monoisotopic (exact) mass is 547 g/mol. The lowest BCUT2D eigenvalue weighted by Gasteiger charge is -2.10. The van der Waals surface area contributed by atoms with E-state index >= 15 is 0 Å². The molecule has 6 N–H and O–H groups in total. The molecule has 0 heterocycles. The highest BCUT2D eigenvalue weighted by Crippen LogP contribution is 2.20. The standard InChI is InChI=1S/C19H17F.C11H15NO2.2CH3NO/c20-18-13-11-15(12-14-18)5-3-7-17-9-4-8-16-6-1-2-10-19(16)17;1-14-10(11(12)13)8-7-9-5-3-2-4-6-9;2*2-1-3/h1-2,4,6,8-14H,3,5,7H2;2-6,10H,7-8H2,1H3,(H2,12,13);2*1H,(H2,2,3)/t;10-;;/m.1../s1. The van der Waals surface area contributed by atoms with Crippen molar-refractivity contribution in [2.24, 2.45) is 17.2 Å². The van der Waals surface area contributed by atoms with Crippen LogP contribution in [-0.4, -0.2) is 31.9 Å². The van der Waals surface area contributed by atoms with Crippen LogP contribution in [0.2, 0.25) is 0 Å². The second kappa shape index (κ2) is 20.4. The molecule has 0 aromatic heterocycles. The van der Waals surface area contributed by atoms with Crippen LogP contribution in [0.25, 0.3) is 10.8 Å². The Hall–Kier alpha value is -4.56. The Kier molecular flexibility index (Phi) is 17.1. The van der Waals surface area contributed by atoms with Gasteiger partial charge in [0.25, 0.3) is 0 Å². The molecule has 4 rings (SSSR count). The first kappa shape index (κ1) is 33.5. The summed E-state index contributed by atoms with van der Waals surface area (Å²) in [7, 11) is 1.50. The van der Waals surface area contributed by atoms with Crippen LogP contribution in [0.1, 0.15) is 29.5 Å². The zero-order valence-corrected chi connectivity index (χ0v) is 22.7. The van der Waals surface area contributed by atoms with Crippen LogP contribution < -0.4 is 17.2 Å². The third kappa shape index (κ3) is 13.3. The van der Waals surface area contributed by atoms with Crippen molar-refractivity contribution in [1.82, 2.24) is 0 Å². The van der Waals surface area contributed by atoms with Gasteiger partial charge in [-0.05, 0) is 71.7 Å². The van der Waals surface area contributed by atoms with Crippen LogP contribution in [0.15, 0.2) is 97.1 Å². The molecule has 0 aliphatic heterocycles. The molecule has 212 valence electrons. The maximum atomic E-state index is 12.8. The van der Waals surface area contributed by atoms with E-state index in [-0.39, 0.29) is 18.6 Å². The number of carbonyl (C=O) groups excluding carboxylic acids is 3. The Morgan fingerprint density at radius 3 is 1.93 bits per heavy atom. The molecule has 0 radical (unpaired) electrons. The zero-order chi connectivity index (χ0) is 29.6. The summed E-state index contributed by atoms with van der Waals surface area (Å²) in [5, 5.41) is 2.64. The van der Waals surface area contributed by atoms with Crippen LogP contribution in [-0.2, 0) is 38.4 Å². The molecule has 8 heteroatoms. The highest BCUT2D eigenvalue weighted by atomic mass is 19.1. The first-order valence-electron chi connectivity index (χ1n) is 12.8. The Bertz CT molecular complexity index is 1260. The van der Waals surface area contributed by atoms with Crippen LogP contribution in [0, 0.1) is 5.82 Å². The molecule has 4 aromatic rings. The number of aryl methyl sites for hydroxylation is 3. The van der Waals surface area contributed by atoms with Crippen molar-refractivity contribution >= 4 is 29.5 Å². The Morgan fingerprint density at radius 1 is 0.775 bits per heavy atom. The maximum Gasteiger partial charge on any atom is 0.246 e. The van der Waals surface area contributed by atoms with Gasteiger partial charge in [-0.1, -0.05) is 84.9 Å². The van der Waals surface area contributed by atoms with Gasteiger partial charge in [0.15, 0.2) is 0 Å². The van der Waals surface area contributed by atoms with Gasteiger partial charge in [0.05, 0.1) is 0 Å². The predicted molar refractivity (Wildman–Crippen MR) is 158 cm³/mol. The van der Waals surface area contributed by atoms with E-state index in [9.17, 15) is 9.18 Å². The molecular weight excluding hydrogens is 509 g/mol. The summed E-state index contributed by atoms with van der Waals surface area (Å²) in [5.74, 6) is -0.564. The largest absolute Gasteiger partial charge is 0.372 e. The highest BCUT2D eigenvalue weighted by molar-refractivity contribution is 5.85. The number of hydrogen-bond donors (Lipinski definition) is 3. The van der Waals surface area contributed by atoms with E-state index in [1.54, 1.807) is 0 Å². The number of primary amides is 3. The van der Waals surface area contributed by atoms with Crippen LogP contribution in [0.5, 0.6) is 0 Å². The third-order valence-corrected chi connectivity index (χ3v) is 5.84. The van der Waals surface area contributed by atoms with E-state index in [0.29, 0.717) is 6.42 Å². The van der Waals surface area contributed by atoms with Gasteiger partial charge >= 0.3 is 0 Å². The van der Waals surface area contributed by atoms with E-state index in [1.165, 1.54) is 46.7 Å². The third-order valence-electron chi connectivity index (χ3n) is 5.84. The normalized spacial score (nSPS) is 10.3. The lowest BCUT2D eigenvalue weighted by Crippen LogP contribution is -2.30. The summed E-state index contributed by atoms with van der Waals surface area (Å²) < 4.78 is 17.8. The first-order chi connectivity index (χ1) is 19.4. The molecule has 1 atom stereocenters. The van der Waals surface area contributed by atoms with Crippen molar-refractivity contribution < 1.29 is 23.5 Å². The minimum Gasteiger partial charge on any atom is -0.372 e. The van der Waals surface area contributed by atoms with Gasteiger partial charge < -0.3 is 21.9 Å². The summed E-state index contributed by atoms with van der Waals surface area (Å²) in [6.45, 7) is 0. The second-order valence-electron chi connectivity index (χ2n) is 8.54. The molecule has 4 aromatic carbocycles. The van der Waals surface area contributed by atoms with Gasteiger partial charge in [0.2, 0.25) is 18.7 Å². The van der Waals surface area contributed by atoms with Gasteiger partial charge in [-0.15, -0.1) is 0 Å². The number of amides is 3. The molecule has 0 fully saturated rings. The van der Waals surface area contributed by atoms with Crippen LogP contribution in [0.3, 0.4) is 0 Å². The first-order valence-corrected chi connectivity index (χ1v) is 12.8. The number of rotatable bonds is 9. The average molecular weight is 548 g/mol. The van der Waals surface area contributed by atoms with Gasteiger partial charge in [0.1, 0.15) is 11.9 Å². The van der Waals surface area contributed by atoms with Crippen molar-refractivity contribution in [2.45, 2.75) is 38.2 Å². The second-order valence-corrected chi connectivity index (χ2v) is 8.54. The summed E-state index contributed by atoms with van der Waals surface area (Å²) >= 11 is 0. The Balaban J connectivity index is 0.000000349. The number of benzene rings is 4. The quantitative estimate of drug-likeness (QED) is 0.266. The van der Waals surface area contributed by atoms with Crippen molar-refractivity contribution in [3.63, 3.8) is 0 Å². The van der Waals surface area contributed by atoms with Gasteiger partial charge in [0, 0.05) is 7.11 Å². The topological polar surface area (TPSA) is 138 Å². The van der Waals surface area contributed by atoms with E-state index in [4.69, 9.17) is 20.1 Å². The lowest BCUT2D eigenvalue weighted by molar-refractivity contribution is -0.128. The van der Waals surface area contributed by atoms with E-state index in [2.05, 4.69) is 53.9 Å². The lowest BCUT2D eigenvalue weighted by atomic mass is 9.99. The molecular formula is C32H38FN3O4. The van der Waals surface area contributed by atoms with E-state index in [1.807, 2.05) is 42.5 Å². The number of carbonyl (C=O) groups is 3. The number of methoxy groups -OCH3 is 1. The molecule has 7 nitrogen and oxygen atoms in total. The smallest absolute Gasteiger partial charge is 0.246 e. The Labute approximate surface area is 235 Å². The fraction of sp³-hybridized carbons (Fsp3) is 0.219. The molecule has 0 unspecified atom stereocenters. The van der Waals surface area contributed by atoms with Crippen molar-refractivity contribution in [3.8, 4) is 0 Å². The van der Waals surface area contributed by atoms with Crippen molar-refractivity contribution in [2.75, 3.05) is 7.11 Å². The van der Waals surface area contributed by atoms with Gasteiger partial charge in [-0.3, -0.25) is 14.4 Å². The Morgan fingerprint density at radius 2 is 1.32 bits per heavy atom. The van der Waals surface area contributed by atoms with Gasteiger partial charge in [-0.25, -0.2) is 4.39 Å². The van der Waals surface area contributed by atoms with E-state index < -0.39 is 12.0 Å². The van der Waals surface area contributed by atoms with Gasteiger partial charge in [-0.2, -0.15) is 0 Å². The number of fused-ring (bicyclic) bond motifs is 1. The maximum absolute atomic E-state index is 12.8. The molecule has 0 aliphatic carbocycles. The summed E-state index contributed by atoms with van der Waals surface area (Å²) in [4.78, 5) is 28.0. The zero-order valence-electron chi connectivity index (χ0n) is 22.7. The fourth-order valence-corrected chi connectivity index (χ4v) is 3.96. The van der Waals surface area contributed by atoms with Crippen LogP contribution in [0.4, 0.5) is 4.39 Å². The minimum atomic E-state index is -0.477. The summed E-state index contributed by atoms with van der Waals surface area (Å²) in [5.41, 5.74) is 17.3. The highest BCUT2D eigenvalue weighted by Gasteiger charge is 2.13. The molecule has 0 saturated heterocycles. The summed E-state index contributed by atoms with van der Waals surface area (Å²) in [6.07, 6.45) is 4.59. The predicted octanol–water partition coefficient (Wildman–Crippen LogP) is 4.48. The molecule has 0 aliphatic rings. The number of ether oxygens (including phenoxy) is 1. The number of halogens is 1. The SMILES string of the molecule is CO[C@H](CCc1ccccc1)C(N)=O.Fc1ccc(CCCc2cccc3ccccc23)cc1.NC=O.NC=O.